The predicted molar refractivity (Wildman–Crippen MR) is 103 cm³/mol. The van der Waals surface area contributed by atoms with Crippen molar-refractivity contribution < 1.29 is 0 Å². The Bertz CT molecular complexity index is 959. The van der Waals surface area contributed by atoms with Gasteiger partial charge in [-0.1, -0.05) is 19.3 Å². The molecule has 0 unspecified atom stereocenters. The number of aromatic nitrogens is 1. The predicted octanol–water partition coefficient (Wildman–Crippen LogP) is 3.89. The zero-order chi connectivity index (χ0) is 17.4. The van der Waals surface area contributed by atoms with Gasteiger partial charge >= 0.3 is 0 Å². The van der Waals surface area contributed by atoms with Crippen LogP contribution in [0.1, 0.15) is 39.0 Å². The van der Waals surface area contributed by atoms with Gasteiger partial charge in [-0.25, -0.2) is 0 Å². The zero-order valence-electron chi connectivity index (χ0n) is 14.4. The molecule has 1 heterocycles. The van der Waals surface area contributed by atoms with Gasteiger partial charge in [-0.3, -0.25) is 9.59 Å². The van der Waals surface area contributed by atoms with Crippen LogP contribution in [0.4, 0.5) is 17.1 Å². The summed E-state index contributed by atoms with van der Waals surface area (Å²) in [4.78, 5) is 27.2. The molecule has 0 radical (unpaired) electrons. The molecule has 0 aliphatic heterocycles. The van der Waals surface area contributed by atoms with E-state index in [0.29, 0.717) is 17.3 Å². The number of hydrogen-bond acceptors (Lipinski definition) is 4. The van der Waals surface area contributed by atoms with Crippen molar-refractivity contribution in [2.24, 2.45) is 5.92 Å². The van der Waals surface area contributed by atoms with Gasteiger partial charge in [-0.15, -0.1) is 0 Å². The third-order valence-corrected chi connectivity index (χ3v) is 5.46. The molecule has 5 heteroatoms. The Labute approximate surface area is 146 Å². The average Bonchev–Trinajstić information content (AvgIpc) is 3.12. The molecule has 4 rings (SSSR count). The first kappa shape index (κ1) is 15.9. The van der Waals surface area contributed by atoms with Gasteiger partial charge in [0.05, 0.1) is 0 Å². The Balaban J connectivity index is 1.53. The summed E-state index contributed by atoms with van der Waals surface area (Å²) in [5.41, 5.74) is 1.84. The highest BCUT2D eigenvalue weighted by Crippen LogP contribution is 2.30. The first-order valence-electron chi connectivity index (χ1n) is 9.07. The van der Waals surface area contributed by atoms with E-state index in [9.17, 15) is 9.59 Å². The van der Waals surface area contributed by atoms with Crippen molar-refractivity contribution in [1.82, 2.24) is 4.98 Å². The van der Waals surface area contributed by atoms with Crippen LogP contribution >= 0.6 is 0 Å². The fourth-order valence-corrected chi connectivity index (χ4v) is 3.90. The smallest absolute Gasteiger partial charge is 0.253 e. The largest absolute Gasteiger partial charge is 0.377 e. The molecule has 0 spiro atoms. The first-order chi connectivity index (χ1) is 12.1. The highest BCUT2D eigenvalue weighted by atomic mass is 16.2. The standard InChI is InChI=1S/C20H23N3O2/c1-12(13-5-3-2-4-6-13)22-17-18(20(25)19(17)24)23-15-7-8-16-14(11-15)9-10-21-16/h7-13,21-23H,2-6H2,1H3/t12-/m0/s1. The second-order valence-electron chi connectivity index (χ2n) is 7.14. The second kappa shape index (κ2) is 6.39. The molecule has 2 aromatic carbocycles. The molecule has 0 saturated heterocycles. The summed E-state index contributed by atoms with van der Waals surface area (Å²) in [5, 5.41) is 7.50. The van der Waals surface area contributed by atoms with E-state index in [0.717, 1.165) is 16.6 Å². The van der Waals surface area contributed by atoms with Gasteiger partial charge in [0, 0.05) is 28.8 Å². The molecule has 3 N–H and O–H groups in total. The van der Waals surface area contributed by atoms with E-state index in [2.05, 4.69) is 22.5 Å². The van der Waals surface area contributed by atoms with Gasteiger partial charge in [0.25, 0.3) is 10.9 Å². The maximum atomic E-state index is 12.0. The fraction of sp³-hybridized carbons (Fsp3) is 0.400. The van der Waals surface area contributed by atoms with Crippen molar-refractivity contribution in [2.75, 3.05) is 10.6 Å². The second-order valence-corrected chi connectivity index (χ2v) is 7.14. The minimum Gasteiger partial charge on any atom is -0.377 e. The summed E-state index contributed by atoms with van der Waals surface area (Å²) in [6.45, 7) is 2.11. The number of H-pyrrole nitrogens is 1. The van der Waals surface area contributed by atoms with Crippen molar-refractivity contribution in [1.29, 1.82) is 0 Å². The normalized spacial score (nSPS) is 17.0. The highest BCUT2D eigenvalue weighted by Gasteiger charge is 2.26. The van der Waals surface area contributed by atoms with Crippen molar-refractivity contribution in [3.05, 3.63) is 50.9 Å². The topological polar surface area (TPSA) is 74.0 Å². The van der Waals surface area contributed by atoms with Crippen LogP contribution < -0.4 is 21.5 Å². The van der Waals surface area contributed by atoms with Crippen LogP contribution in [0, 0.1) is 5.92 Å². The number of aromatic amines is 1. The lowest BCUT2D eigenvalue weighted by atomic mass is 9.84. The van der Waals surface area contributed by atoms with Gasteiger partial charge in [0.1, 0.15) is 11.4 Å². The maximum Gasteiger partial charge on any atom is 0.253 e. The van der Waals surface area contributed by atoms with Crippen LogP contribution in [0.25, 0.3) is 10.9 Å². The van der Waals surface area contributed by atoms with E-state index >= 15 is 0 Å². The fourth-order valence-electron chi connectivity index (χ4n) is 3.90. The quantitative estimate of drug-likeness (QED) is 0.618. The van der Waals surface area contributed by atoms with E-state index in [-0.39, 0.29) is 6.04 Å². The van der Waals surface area contributed by atoms with Crippen LogP contribution in [-0.2, 0) is 0 Å². The van der Waals surface area contributed by atoms with E-state index < -0.39 is 10.9 Å². The highest BCUT2D eigenvalue weighted by molar-refractivity contribution is 5.86. The van der Waals surface area contributed by atoms with E-state index in [4.69, 9.17) is 0 Å². The molecule has 1 aliphatic carbocycles. The summed E-state index contributed by atoms with van der Waals surface area (Å²) in [6, 6.07) is 8.02. The minimum absolute atomic E-state index is 0.205. The van der Waals surface area contributed by atoms with Gasteiger partial charge in [-0.05, 0) is 49.9 Å². The Morgan fingerprint density at radius 2 is 1.80 bits per heavy atom. The van der Waals surface area contributed by atoms with Crippen molar-refractivity contribution in [2.45, 2.75) is 45.1 Å². The van der Waals surface area contributed by atoms with Crippen LogP contribution in [0.2, 0.25) is 0 Å². The summed E-state index contributed by atoms with van der Waals surface area (Å²) >= 11 is 0. The first-order valence-corrected chi connectivity index (χ1v) is 9.07. The Kier molecular flexibility index (Phi) is 4.07. The molecule has 1 fully saturated rings. The maximum absolute atomic E-state index is 12.0. The van der Waals surface area contributed by atoms with Crippen molar-refractivity contribution >= 4 is 28.0 Å². The van der Waals surface area contributed by atoms with E-state index in [1.807, 2.05) is 30.5 Å². The lowest BCUT2D eigenvalue weighted by Gasteiger charge is -2.29. The SMILES string of the molecule is C[C@H](Nc1c(Nc2ccc3[nH]ccc3c2)c(=O)c1=O)C1CCCCC1. The molecule has 1 aromatic heterocycles. The monoisotopic (exact) mass is 337 g/mol. The molecule has 1 saturated carbocycles. The molecular formula is C20H23N3O2. The third kappa shape index (κ3) is 2.95. The number of nitrogens with one attached hydrogen (secondary N) is 3. The summed E-state index contributed by atoms with van der Waals surface area (Å²) in [6.07, 6.45) is 8.07. The molecule has 0 amide bonds. The van der Waals surface area contributed by atoms with Crippen LogP contribution in [0.15, 0.2) is 40.1 Å². The van der Waals surface area contributed by atoms with Gasteiger partial charge in [-0.2, -0.15) is 0 Å². The molecule has 25 heavy (non-hydrogen) atoms. The number of benzene rings is 1. The van der Waals surface area contributed by atoms with E-state index in [1.54, 1.807) is 0 Å². The van der Waals surface area contributed by atoms with Crippen LogP contribution in [0.3, 0.4) is 0 Å². The van der Waals surface area contributed by atoms with Crippen LogP contribution in [0.5, 0.6) is 0 Å². The molecule has 130 valence electrons. The van der Waals surface area contributed by atoms with Gasteiger partial charge in [0.15, 0.2) is 0 Å². The Morgan fingerprint density at radius 3 is 2.60 bits per heavy atom. The summed E-state index contributed by atoms with van der Waals surface area (Å²) in [5.74, 6) is 0.571. The molecule has 3 aromatic rings. The number of rotatable bonds is 5. The van der Waals surface area contributed by atoms with Crippen molar-refractivity contribution in [3.63, 3.8) is 0 Å². The lowest BCUT2D eigenvalue weighted by Crippen LogP contribution is -2.40. The summed E-state index contributed by atoms with van der Waals surface area (Å²) < 4.78 is 0. The molecular weight excluding hydrogens is 314 g/mol. The van der Waals surface area contributed by atoms with Crippen LogP contribution in [-0.4, -0.2) is 11.0 Å². The number of hydrogen-bond donors (Lipinski definition) is 3. The number of anilines is 3. The summed E-state index contributed by atoms with van der Waals surface area (Å²) in [7, 11) is 0. The molecule has 5 nitrogen and oxygen atoms in total. The lowest BCUT2D eigenvalue weighted by molar-refractivity contribution is 0.328. The molecule has 1 atom stereocenters. The molecule has 1 aliphatic rings. The van der Waals surface area contributed by atoms with E-state index in [1.165, 1.54) is 32.1 Å². The van der Waals surface area contributed by atoms with Gasteiger partial charge < -0.3 is 15.6 Å². The minimum atomic E-state index is -0.437. The molecule has 0 bridgehead atoms. The number of fused-ring (bicyclic) bond motifs is 1. The van der Waals surface area contributed by atoms with Gasteiger partial charge in [0.2, 0.25) is 0 Å². The Hall–Kier alpha value is -2.56. The third-order valence-electron chi connectivity index (χ3n) is 5.46. The average molecular weight is 337 g/mol. The zero-order valence-corrected chi connectivity index (χ0v) is 14.4. The Morgan fingerprint density at radius 1 is 1.04 bits per heavy atom. The van der Waals surface area contributed by atoms with Crippen molar-refractivity contribution in [3.8, 4) is 0 Å².